The lowest BCUT2D eigenvalue weighted by Crippen LogP contribution is -2.36. The molecule has 0 saturated carbocycles. The van der Waals surface area contributed by atoms with Crippen LogP contribution in [0.5, 0.6) is 0 Å². The van der Waals surface area contributed by atoms with Crippen LogP contribution in [0.1, 0.15) is 46.0 Å². The van der Waals surface area contributed by atoms with Crippen molar-refractivity contribution in [3.05, 3.63) is 11.4 Å². The molecule has 6 heteroatoms. The number of rotatable bonds is 7. The topological polar surface area (TPSA) is 60.5 Å². The Kier molecular flexibility index (Phi) is 6.99. The van der Waals surface area contributed by atoms with Crippen molar-refractivity contribution in [2.24, 2.45) is 0 Å². The van der Waals surface area contributed by atoms with Gasteiger partial charge in [-0.25, -0.2) is 0 Å². The van der Waals surface area contributed by atoms with E-state index >= 15 is 0 Å². The molecule has 3 rings (SSSR count). The first-order chi connectivity index (χ1) is 13.1. The molecule has 0 aromatic carbocycles. The van der Waals surface area contributed by atoms with Crippen LogP contribution in [0, 0.1) is 22.7 Å². The molecule has 3 aliphatic heterocycles. The number of allylic oxidation sites excluding steroid dienone is 1. The van der Waals surface area contributed by atoms with Gasteiger partial charge < -0.3 is 14.7 Å². The Hall–Kier alpha value is -1.76. The molecule has 148 valence electrons. The summed E-state index contributed by atoms with van der Waals surface area (Å²) in [6, 6.07) is 5.64. The van der Waals surface area contributed by atoms with E-state index in [1.165, 1.54) is 38.8 Å². The lowest BCUT2D eigenvalue weighted by atomic mass is 10.2. The van der Waals surface area contributed by atoms with Gasteiger partial charge in [0.25, 0.3) is 0 Å². The van der Waals surface area contributed by atoms with Gasteiger partial charge in [0, 0.05) is 51.4 Å². The molecule has 0 N–H and O–H groups in total. The van der Waals surface area contributed by atoms with Crippen LogP contribution < -0.4 is 0 Å². The number of hydrogen-bond donors (Lipinski definition) is 0. The Morgan fingerprint density at radius 2 is 1.37 bits per heavy atom. The van der Waals surface area contributed by atoms with Crippen LogP contribution in [-0.2, 0) is 0 Å². The second-order valence-corrected chi connectivity index (χ2v) is 8.30. The molecule has 0 radical (unpaired) electrons. The van der Waals surface area contributed by atoms with E-state index in [9.17, 15) is 10.5 Å². The summed E-state index contributed by atoms with van der Waals surface area (Å²) in [5, 5.41) is 18.9. The number of hydrogen-bond acceptors (Lipinski definition) is 6. The Labute approximate surface area is 164 Å². The molecular weight excluding hydrogens is 336 g/mol. The second kappa shape index (κ2) is 9.44. The Balaban J connectivity index is 1.58. The van der Waals surface area contributed by atoms with Gasteiger partial charge in [-0.15, -0.1) is 0 Å². The maximum atomic E-state index is 9.47. The molecule has 0 bridgehead atoms. The zero-order valence-electron chi connectivity index (χ0n) is 17.0. The highest BCUT2D eigenvalue weighted by Gasteiger charge is 2.30. The lowest BCUT2D eigenvalue weighted by Gasteiger charge is -2.29. The van der Waals surface area contributed by atoms with Gasteiger partial charge in [-0.1, -0.05) is 0 Å². The van der Waals surface area contributed by atoms with E-state index in [1.807, 2.05) is 0 Å². The molecular formula is C21H34N6. The smallest absolute Gasteiger partial charge is 0.169 e. The van der Waals surface area contributed by atoms with Gasteiger partial charge in [0.2, 0.25) is 0 Å². The Morgan fingerprint density at radius 3 is 1.89 bits per heavy atom. The normalized spacial score (nSPS) is 26.6. The molecule has 0 aliphatic carbocycles. The molecule has 6 nitrogen and oxygen atoms in total. The second-order valence-electron chi connectivity index (χ2n) is 8.30. The first-order valence-electron chi connectivity index (χ1n) is 10.7. The SMILES string of the molecule is C[C@H]1CCCN1CCCN1CCN(CCN2CCC[C@@H]2C)C1=C(C#N)C#N. The van der Waals surface area contributed by atoms with Crippen molar-refractivity contribution in [1.29, 1.82) is 10.5 Å². The molecule has 0 unspecified atom stereocenters. The van der Waals surface area contributed by atoms with Gasteiger partial charge in [-0.3, -0.25) is 4.90 Å². The van der Waals surface area contributed by atoms with E-state index in [1.54, 1.807) is 0 Å². The van der Waals surface area contributed by atoms with Crippen LogP contribution in [0.15, 0.2) is 11.4 Å². The standard InChI is InChI=1S/C21H34N6/c1-18-6-3-8-24(18)10-5-11-26-14-15-27(21(26)20(16-22)17-23)13-12-25-9-4-7-19(25)2/h18-19H,3-15H2,1-2H3/t18-,19-/m0/s1. The van der Waals surface area contributed by atoms with Crippen molar-refractivity contribution < 1.29 is 0 Å². The van der Waals surface area contributed by atoms with Gasteiger partial charge >= 0.3 is 0 Å². The van der Waals surface area contributed by atoms with Crippen LogP contribution in [-0.4, -0.2) is 84.0 Å². The van der Waals surface area contributed by atoms with Crippen LogP contribution >= 0.6 is 0 Å². The first kappa shape index (κ1) is 20.0. The summed E-state index contributed by atoms with van der Waals surface area (Å²) in [6.45, 7) is 12.8. The van der Waals surface area contributed by atoms with Crippen molar-refractivity contribution in [3.63, 3.8) is 0 Å². The molecule has 3 heterocycles. The molecule has 0 aromatic heterocycles. The van der Waals surface area contributed by atoms with Crippen LogP contribution in [0.2, 0.25) is 0 Å². The number of nitrogens with zero attached hydrogens (tertiary/aromatic N) is 6. The van der Waals surface area contributed by atoms with Crippen molar-refractivity contribution in [2.75, 3.05) is 52.4 Å². The quantitative estimate of drug-likeness (QED) is 0.641. The van der Waals surface area contributed by atoms with E-state index in [0.717, 1.165) is 51.5 Å². The highest BCUT2D eigenvalue weighted by molar-refractivity contribution is 5.40. The van der Waals surface area contributed by atoms with Gasteiger partial charge in [-0.2, -0.15) is 10.5 Å². The van der Waals surface area contributed by atoms with E-state index in [4.69, 9.17) is 0 Å². The minimum absolute atomic E-state index is 0.275. The average molecular weight is 371 g/mol. The summed E-state index contributed by atoms with van der Waals surface area (Å²) in [7, 11) is 0. The summed E-state index contributed by atoms with van der Waals surface area (Å²) < 4.78 is 0. The monoisotopic (exact) mass is 370 g/mol. The Bertz CT molecular complexity index is 599. The van der Waals surface area contributed by atoms with Crippen LogP contribution in [0.25, 0.3) is 0 Å². The van der Waals surface area contributed by atoms with E-state index in [2.05, 4.69) is 45.6 Å². The number of nitriles is 2. The predicted octanol–water partition coefficient (Wildman–Crippen LogP) is 2.22. The average Bonchev–Trinajstić information content (AvgIpc) is 3.37. The summed E-state index contributed by atoms with van der Waals surface area (Å²) in [5.74, 6) is 0.876. The minimum Gasteiger partial charge on any atom is -0.355 e. The zero-order valence-corrected chi connectivity index (χ0v) is 17.0. The van der Waals surface area contributed by atoms with Crippen molar-refractivity contribution in [1.82, 2.24) is 19.6 Å². The summed E-state index contributed by atoms with van der Waals surface area (Å²) >= 11 is 0. The first-order valence-corrected chi connectivity index (χ1v) is 10.7. The third kappa shape index (κ3) is 4.75. The summed E-state index contributed by atoms with van der Waals surface area (Å²) in [6.07, 6.45) is 6.28. The molecule has 3 saturated heterocycles. The third-order valence-electron chi connectivity index (χ3n) is 6.60. The van der Waals surface area contributed by atoms with Crippen molar-refractivity contribution in [3.8, 4) is 12.1 Å². The lowest BCUT2D eigenvalue weighted by molar-refractivity contribution is 0.224. The fourth-order valence-electron chi connectivity index (χ4n) is 4.89. The molecule has 0 aromatic rings. The molecule has 0 amide bonds. The molecule has 2 atom stereocenters. The molecule has 3 aliphatic rings. The maximum absolute atomic E-state index is 9.47. The highest BCUT2D eigenvalue weighted by atomic mass is 15.4. The van der Waals surface area contributed by atoms with Gasteiger partial charge in [0.15, 0.2) is 5.57 Å². The fourth-order valence-corrected chi connectivity index (χ4v) is 4.89. The fraction of sp³-hybridized carbons (Fsp3) is 0.810. The van der Waals surface area contributed by atoms with E-state index < -0.39 is 0 Å². The summed E-state index contributed by atoms with van der Waals surface area (Å²) in [4.78, 5) is 9.65. The van der Waals surface area contributed by atoms with Gasteiger partial charge in [-0.05, 0) is 59.0 Å². The Morgan fingerprint density at radius 1 is 0.815 bits per heavy atom. The van der Waals surface area contributed by atoms with Gasteiger partial charge in [0.05, 0.1) is 0 Å². The predicted molar refractivity (Wildman–Crippen MR) is 107 cm³/mol. The number of likely N-dealkylation sites (tertiary alicyclic amines) is 2. The van der Waals surface area contributed by atoms with E-state index in [0.29, 0.717) is 12.1 Å². The van der Waals surface area contributed by atoms with Crippen LogP contribution in [0.3, 0.4) is 0 Å². The van der Waals surface area contributed by atoms with Crippen molar-refractivity contribution in [2.45, 2.75) is 58.0 Å². The summed E-state index contributed by atoms with van der Waals surface area (Å²) in [5.41, 5.74) is 0.275. The van der Waals surface area contributed by atoms with Crippen molar-refractivity contribution >= 4 is 0 Å². The zero-order chi connectivity index (χ0) is 19.2. The largest absolute Gasteiger partial charge is 0.355 e. The van der Waals surface area contributed by atoms with Gasteiger partial charge in [0.1, 0.15) is 18.0 Å². The molecule has 3 fully saturated rings. The van der Waals surface area contributed by atoms with Crippen LogP contribution in [0.4, 0.5) is 0 Å². The van der Waals surface area contributed by atoms with E-state index in [-0.39, 0.29) is 5.57 Å². The minimum atomic E-state index is 0.275. The maximum Gasteiger partial charge on any atom is 0.169 e. The third-order valence-corrected chi connectivity index (χ3v) is 6.60. The molecule has 27 heavy (non-hydrogen) atoms. The molecule has 0 spiro atoms. The highest BCUT2D eigenvalue weighted by Crippen LogP contribution is 2.24.